The molecule has 21 heavy (non-hydrogen) atoms. The maximum Gasteiger partial charge on any atom is 0.319 e. The first-order chi connectivity index (χ1) is 10.4. The van der Waals surface area contributed by atoms with Crippen LogP contribution < -0.4 is 10.4 Å². The molecular weight excluding hydrogens is 256 g/mol. The molecular formula is C19H14N2. The van der Waals surface area contributed by atoms with E-state index in [0.29, 0.717) is 0 Å². The van der Waals surface area contributed by atoms with Gasteiger partial charge in [0, 0.05) is 0 Å². The van der Waals surface area contributed by atoms with Crippen molar-refractivity contribution in [3.05, 3.63) is 105 Å². The van der Waals surface area contributed by atoms with Crippen molar-refractivity contribution >= 4 is 11.9 Å². The summed E-state index contributed by atoms with van der Waals surface area (Å²) < 4.78 is 0. The third-order valence-corrected chi connectivity index (χ3v) is 3.07. The van der Waals surface area contributed by atoms with Crippen molar-refractivity contribution < 1.29 is 0 Å². The van der Waals surface area contributed by atoms with E-state index in [1.807, 2.05) is 79.0 Å². The van der Waals surface area contributed by atoms with E-state index in [9.17, 15) is 0 Å². The van der Waals surface area contributed by atoms with Gasteiger partial charge in [0.25, 0.3) is 0 Å². The van der Waals surface area contributed by atoms with Crippen LogP contribution in [0.2, 0.25) is 0 Å². The molecule has 0 aliphatic carbocycles. The largest absolute Gasteiger partial charge is 0.664 e. The topological polar surface area (TPSA) is 18.5 Å². The molecule has 0 bridgehead atoms. The second-order valence-corrected chi connectivity index (χ2v) is 4.54. The van der Waals surface area contributed by atoms with Gasteiger partial charge in [-0.3, -0.25) is 0 Å². The summed E-state index contributed by atoms with van der Waals surface area (Å²) in [6.45, 7) is 0. The van der Waals surface area contributed by atoms with Crippen molar-refractivity contribution in [1.29, 1.82) is 0 Å². The predicted octanol–water partition coefficient (Wildman–Crippen LogP) is 3.37. The monoisotopic (exact) mass is 270 g/mol. The fraction of sp³-hybridized carbons (Fsp3) is 0. The lowest BCUT2D eigenvalue weighted by Gasteiger charge is -2.20. The number of hydrogen-bond acceptors (Lipinski definition) is 0. The summed E-state index contributed by atoms with van der Waals surface area (Å²) in [7, 11) is 0. The van der Waals surface area contributed by atoms with E-state index in [1.165, 1.54) is 0 Å². The molecule has 0 saturated carbocycles. The molecule has 0 fully saturated rings. The highest BCUT2D eigenvalue weighted by Crippen LogP contribution is 2.11. The van der Waals surface area contributed by atoms with E-state index in [0.717, 1.165) is 21.7 Å². The second-order valence-electron chi connectivity index (χ2n) is 4.54. The Labute approximate surface area is 123 Å². The fourth-order valence-corrected chi connectivity index (χ4v) is 2.05. The van der Waals surface area contributed by atoms with Gasteiger partial charge in [0.15, 0.2) is 0 Å². The van der Waals surface area contributed by atoms with Gasteiger partial charge in [0.2, 0.25) is 0 Å². The predicted molar refractivity (Wildman–Crippen MR) is 88.0 cm³/mol. The van der Waals surface area contributed by atoms with Gasteiger partial charge in [-0.1, -0.05) is 54.6 Å². The number of rotatable bonds is 0. The van der Waals surface area contributed by atoms with Crippen LogP contribution in [0.15, 0.2) is 79.0 Å². The molecule has 1 heterocycles. The molecule has 2 aromatic rings. The van der Waals surface area contributed by atoms with Crippen LogP contribution in [0.3, 0.4) is 0 Å². The minimum absolute atomic E-state index is 0.944. The van der Waals surface area contributed by atoms with Gasteiger partial charge in [0.05, 0.1) is 5.22 Å². The quantitative estimate of drug-likeness (QED) is 0.699. The van der Waals surface area contributed by atoms with Crippen LogP contribution in [0.25, 0.3) is 22.1 Å². The van der Waals surface area contributed by atoms with Crippen LogP contribution in [0.1, 0.15) is 5.56 Å². The van der Waals surface area contributed by atoms with E-state index < -0.39 is 0 Å². The Kier molecular flexibility index (Phi) is 3.95. The van der Waals surface area contributed by atoms with E-state index in [-0.39, 0.29) is 0 Å². The first-order valence-electron chi connectivity index (χ1n) is 6.78. The molecule has 0 radical (unpaired) electrons. The minimum atomic E-state index is 0.944. The zero-order valence-electron chi connectivity index (χ0n) is 11.5. The standard InChI is InChI=1S/C19H14N2/c1-2-8-16(9-3-1)14-20-15-17-10-4-5-11-18(17)19-12-6-7-13-21-19/h1-13,15H/b17-15-,19-18+. The molecule has 3 rings (SSSR count). The summed E-state index contributed by atoms with van der Waals surface area (Å²) in [5, 5.41) is 6.49. The Morgan fingerprint density at radius 2 is 1.71 bits per heavy atom. The lowest BCUT2D eigenvalue weighted by Crippen LogP contribution is -2.25. The molecule has 100 valence electrons. The maximum absolute atomic E-state index is 4.39. The molecule has 0 spiro atoms. The summed E-state index contributed by atoms with van der Waals surface area (Å²) in [5.41, 5.74) is 1.91. The highest BCUT2D eigenvalue weighted by atomic mass is 14.8. The Bertz CT molecular complexity index is 863. The van der Waals surface area contributed by atoms with E-state index >= 15 is 0 Å². The lowest BCUT2D eigenvalue weighted by atomic mass is 10.2. The van der Waals surface area contributed by atoms with Crippen molar-refractivity contribution in [2.24, 2.45) is 0 Å². The summed E-state index contributed by atoms with van der Waals surface area (Å²) >= 11 is 0. The third-order valence-electron chi connectivity index (χ3n) is 3.07. The van der Waals surface area contributed by atoms with Gasteiger partial charge in [-0.05, 0) is 28.3 Å². The zero-order chi connectivity index (χ0) is 14.3. The summed E-state index contributed by atoms with van der Waals surface area (Å²) in [4.78, 5) is 4.30. The Morgan fingerprint density at radius 3 is 2.52 bits per heavy atom. The second kappa shape index (κ2) is 6.40. The molecule has 2 heteroatoms. The van der Waals surface area contributed by atoms with Crippen molar-refractivity contribution in [3.63, 3.8) is 0 Å². The molecule has 0 saturated heterocycles. The van der Waals surface area contributed by atoms with Crippen molar-refractivity contribution in [3.8, 4) is 6.07 Å². The molecule has 1 aliphatic heterocycles. The number of allylic oxidation sites excluding steroid dienone is 2. The number of hydrogen-bond donors (Lipinski definition) is 0. The van der Waals surface area contributed by atoms with E-state index in [4.69, 9.17) is 0 Å². The smallest absolute Gasteiger partial charge is 0.319 e. The van der Waals surface area contributed by atoms with Crippen LogP contribution in [0.4, 0.5) is 0 Å². The van der Waals surface area contributed by atoms with Crippen LogP contribution >= 0.6 is 0 Å². The Balaban J connectivity index is 2.05. The van der Waals surface area contributed by atoms with Crippen LogP contribution in [-0.4, -0.2) is 0 Å². The average Bonchev–Trinajstić information content (AvgIpc) is 2.57. The van der Waals surface area contributed by atoms with Crippen LogP contribution in [-0.2, 0) is 0 Å². The van der Waals surface area contributed by atoms with Crippen LogP contribution in [0, 0.1) is 6.07 Å². The molecule has 1 aliphatic rings. The number of nitrogens with zero attached hydrogens (tertiary/aromatic N) is 2. The van der Waals surface area contributed by atoms with Gasteiger partial charge < -0.3 is 5.32 Å². The average molecular weight is 270 g/mol. The molecule has 0 N–H and O–H groups in total. The zero-order valence-corrected chi connectivity index (χ0v) is 11.5. The molecule has 2 nitrogen and oxygen atoms in total. The van der Waals surface area contributed by atoms with Gasteiger partial charge in [-0.2, -0.15) is 6.20 Å². The third kappa shape index (κ3) is 3.29. The molecule has 0 atom stereocenters. The van der Waals surface area contributed by atoms with Crippen molar-refractivity contribution in [1.82, 2.24) is 0 Å². The molecule has 0 amide bonds. The lowest BCUT2D eigenvalue weighted by molar-refractivity contribution is 1.48. The molecule has 0 aromatic heterocycles. The summed E-state index contributed by atoms with van der Waals surface area (Å²) in [6, 6.07) is 21.0. The van der Waals surface area contributed by atoms with Crippen LogP contribution in [0.5, 0.6) is 0 Å². The maximum atomic E-state index is 4.39. The first-order valence-corrected chi connectivity index (χ1v) is 6.78. The molecule has 2 aromatic carbocycles. The first kappa shape index (κ1) is 13.0. The van der Waals surface area contributed by atoms with Gasteiger partial charge in [-0.15, -0.1) is 5.70 Å². The summed E-state index contributed by atoms with van der Waals surface area (Å²) in [6.07, 6.45) is 9.51. The van der Waals surface area contributed by atoms with E-state index in [1.54, 1.807) is 6.20 Å². The minimum Gasteiger partial charge on any atom is -0.664 e. The summed E-state index contributed by atoms with van der Waals surface area (Å²) in [5.74, 6) is 0. The molecule has 0 unspecified atom stereocenters. The van der Waals surface area contributed by atoms with Crippen molar-refractivity contribution in [2.45, 2.75) is 0 Å². The van der Waals surface area contributed by atoms with Gasteiger partial charge >= 0.3 is 12.3 Å². The SMILES string of the molecule is C(#[N+]/C=c1/cccc/c1=C1/C=CC=C[N-]1)c1ccccc1. The normalized spacial score (nSPS) is 16.1. The van der Waals surface area contributed by atoms with E-state index in [2.05, 4.69) is 16.2 Å². The fourth-order valence-electron chi connectivity index (χ4n) is 2.05. The van der Waals surface area contributed by atoms with Gasteiger partial charge in [-0.25, -0.2) is 0 Å². The van der Waals surface area contributed by atoms with Crippen molar-refractivity contribution in [2.75, 3.05) is 0 Å². The number of benzene rings is 2. The highest BCUT2D eigenvalue weighted by Gasteiger charge is 1.93. The van der Waals surface area contributed by atoms with Gasteiger partial charge in [0.1, 0.15) is 5.56 Å². The Hall–Kier alpha value is -3.05. The Morgan fingerprint density at radius 1 is 0.905 bits per heavy atom. The highest BCUT2D eigenvalue weighted by molar-refractivity contribution is 5.71.